The second-order valence-corrected chi connectivity index (χ2v) is 5.65. The number of methoxy groups -OCH3 is 1. The number of hydrogen-bond acceptors (Lipinski definition) is 3. The Kier molecular flexibility index (Phi) is 6.13. The molecule has 0 radical (unpaired) electrons. The molecule has 0 saturated carbocycles. The molecule has 2 aromatic rings. The summed E-state index contributed by atoms with van der Waals surface area (Å²) in [5.41, 5.74) is 0.498. The van der Waals surface area contributed by atoms with Gasteiger partial charge in [0.2, 0.25) is 0 Å². The molecule has 2 rings (SSSR count). The molecular weight excluding hydrogens is 337 g/mol. The molecule has 0 aliphatic heterocycles. The molecule has 0 aromatic heterocycles. The van der Waals surface area contributed by atoms with Gasteiger partial charge in [0.05, 0.1) is 17.8 Å². The Morgan fingerprint density at radius 3 is 2.35 bits per heavy atom. The molecule has 122 valence electrons. The van der Waals surface area contributed by atoms with E-state index in [-0.39, 0.29) is 5.91 Å². The van der Waals surface area contributed by atoms with Gasteiger partial charge in [-0.3, -0.25) is 4.79 Å². The van der Waals surface area contributed by atoms with Crippen molar-refractivity contribution < 1.29 is 14.3 Å². The van der Waals surface area contributed by atoms with Gasteiger partial charge in [-0.15, -0.1) is 0 Å². The van der Waals surface area contributed by atoms with Crippen molar-refractivity contribution >= 4 is 34.8 Å². The van der Waals surface area contributed by atoms with Gasteiger partial charge in [-0.1, -0.05) is 30.1 Å². The van der Waals surface area contributed by atoms with Crippen LogP contribution in [0.25, 0.3) is 0 Å². The van der Waals surface area contributed by atoms with Crippen LogP contribution in [0.2, 0.25) is 10.0 Å². The zero-order chi connectivity index (χ0) is 16.8. The van der Waals surface area contributed by atoms with Gasteiger partial charge in [0.1, 0.15) is 11.5 Å². The third-order valence-corrected chi connectivity index (χ3v) is 3.74. The number of halogens is 2. The maximum absolute atomic E-state index is 12.4. The average molecular weight is 354 g/mol. The maximum Gasteiger partial charge on any atom is 0.265 e. The van der Waals surface area contributed by atoms with Gasteiger partial charge in [0, 0.05) is 5.02 Å². The standard InChI is InChI=1S/C17H17Cl2NO3/c1-3-16(23-13-7-5-12(22-2)6-8-13)17(21)20-15-9-4-11(18)10-14(15)19/h4-10,16H,3H2,1-2H3,(H,20,21)/t16-/m1/s1. The fraction of sp³-hybridized carbons (Fsp3) is 0.235. The van der Waals surface area contributed by atoms with Crippen molar-refractivity contribution in [3.8, 4) is 11.5 Å². The third-order valence-electron chi connectivity index (χ3n) is 3.19. The Balaban J connectivity index is 2.05. The number of carbonyl (C=O) groups excluding carboxylic acids is 1. The number of hydrogen-bond donors (Lipinski definition) is 1. The Hall–Kier alpha value is -1.91. The molecule has 6 heteroatoms. The Labute approximate surface area is 145 Å². The molecule has 1 atom stereocenters. The van der Waals surface area contributed by atoms with Crippen molar-refractivity contribution in [2.45, 2.75) is 19.4 Å². The van der Waals surface area contributed by atoms with Crippen LogP contribution in [0.4, 0.5) is 5.69 Å². The largest absolute Gasteiger partial charge is 0.497 e. The summed E-state index contributed by atoms with van der Waals surface area (Å²) in [7, 11) is 1.59. The van der Waals surface area contributed by atoms with Crippen molar-refractivity contribution in [2.75, 3.05) is 12.4 Å². The Bertz CT molecular complexity index is 674. The summed E-state index contributed by atoms with van der Waals surface area (Å²) in [5, 5.41) is 3.64. The van der Waals surface area contributed by atoms with Crippen LogP contribution >= 0.6 is 23.2 Å². The summed E-state index contributed by atoms with van der Waals surface area (Å²) in [5.74, 6) is 1.05. The monoisotopic (exact) mass is 353 g/mol. The van der Waals surface area contributed by atoms with Gasteiger partial charge in [0.25, 0.3) is 5.91 Å². The quantitative estimate of drug-likeness (QED) is 0.811. The van der Waals surface area contributed by atoms with Gasteiger partial charge in [0.15, 0.2) is 6.10 Å². The predicted octanol–water partition coefficient (Wildman–Crippen LogP) is 4.80. The molecule has 0 bridgehead atoms. The second-order valence-electron chi connectivity index (χ2n) is 4.80. The lowest BCUT2D eigenvalue weighted by atomic mass is 10.2. The smallest absolute Gasteiger partial charge is 0.265 e. The van der Waals surface area contributed by atoms with E-state index in [1.807, 2.05) is 6.92 Å². The van der Waals surface area contributed by atoms with Crippen molar-refractivity contribution in [3.63, 3.8) is 0 Å². The summed E-state index contributed by atoms with van der Waals surface area (Å²) in [6, 6.07) is 11.9. The number of carbonyl (C=O) groups is 1. The van der Waals surface area contributed by atoms with E-state index in [9.17, 15) is 4.79 Å². The number of anilines is 1. The number of nitrogens with one attached hydrogen (secondary N) is 1. The minimum Gasteiger partial charge on any atom is -0.497 e. The van der Waals surface area contributed by atoms with Crippen LogP contribution in [-0.4, -0.2) is 19.1 Å². The van der Waals surface area contributed by atoms with Crippen molar-refractivity contribution in [3.05, 3.63) is 52.5 Å². The SMILES string of the molecule is CC[C@@H](Oc1ccc(OC)cc1)C(=O)Nc1ccc(Cl)cc1Cl. The first-order valence-electron chi connectivity index (χ1n) is 7.10. The minimum absolute atomic E-state index is 0.271. The summed E-state index contributed by atoms with van der Waals surface area (Å²) in [6.07, 6.45) is -0.113. The van der Waals surface area contributed by atoms with Gasteiger partial charge in [-0.05, 0) is 48.9 Å². The first kappa shape index (κ1) is 17.4. The van der Waals surface area contributed by atoms with Crippen LogP contribution in [-0.2, 0) is 4.79 Å². The highest BCUT2D eigenvalue weighted by Gasteiger charge is 2.19. The van der Waals surface area contributed by atoms with Gasteiger partial charge in [-0.2, -0.15) is 0 Å². The van der Waals surface area contributed by atoms with E-state index in [0.717, 1.165) is 5.75 Å². The van der Waals surface area contributed by atoms with Crippen LogP contribution < -0.4 is 14.8 Å². The van der Waals surface area contributed by atoms with Crippen molar-refractivity contribution in [1.82, 2.24) is 0 Å². The van der Waals surface area contributed by atoms with E-state index in [4.69, 9.17) is 32.7 Å². The second kappa shape index (κ2) is 8.09. The molecule has 0 aliphatic rings. The van der Waals surface area contributed by atoms with Crippen LogP contribution in [0.15, 0.2) is 42.5 Å². The zero-order valence-electron chi connectivity index (χ0n) is 12.8. The highest BCUT2D eigenvalue weighted by atomic mass is 35.5. The molecule has 0 saturated heterocycles. The first-order valence-corrected chi connectivity index (χ1v) is 7.85. The van der Waals surface area contributed by atoms with Gasteiger partial charge < -0.3 is 14.8 Å². The number of rotatable bonds is 6. The highest BCUT2D eigenvalue weighted by molar-refractivity contribution is 6.36. The first-order chi connectivity index (χ1) is 11.0. The number of benzene rings is 2. The molecule has 1 amide bonds. The molecule has 0 aliphatic carbocycles. The molecule has 0 spiro atoms. The molecule has 4 nitrogen and oxygen atoms in total. The van der Waals surface area contributed by atoms with E-state index < -0.39 is 6.10 Å². The van der Waals surface area contributed by atoms with Gasteiger partial charge >= 0.3 is 0 Å². The lowest BCUT2D eigenvalue weighted by Gasteiger charge is -2.18. The van der Waals surface area contributed by atoms with E-state index >= 15 is 0 Å². The fourth-order valence-electron chi connectivity index (χ4n) is 1.94. The molecule has 0 heterocycles. The maximum atomic E-state index is 12.4. The van der Waals surface area contributed by atoms with Crippen molar-refractivity contribution in [1.29, 1.82) is 0 Å². The lowest BCUT2D eigenvalue weighted by molar-refractivity contribution is -0.122. The number of amides is 1. The molecule has 2 aromatic carbocycles. The van der Waals surface area contributed by atoms with Gasteiger partial charge in [-0.25, -0.2) is 0 Å². The van der Waals surface area contributed by atoms with E-state index in [2.05, 4.69) is 5.32 Å². The summed E-state index contributed by atoms with van der Waals surface area (Å²) in [4.78, 5) is 12.4. The van der Waals surface area contributed by atoms with Crippen LogP contribution in [0.3, 0.4) is 0 Å². The van der Waals surface area contributed by atoms with E-state index in [1.165, 1.54) is 0 Å². The average Bonchev–Trinajstić information content (AvgIpc) is 2.55. The van der Waals surface area contributed by atoms with Crippen LogP contribution in [0.5, 0.6) is 11.5 Å². The highest BCUT2D eigenvalue weighted by Crippen LogP contribution is 2.26. The van der Waals surface area contributed by atoms with E-state index in [1.54, 1.807) is 49.6 Å². The topological polar surface area (TPSA) is 47.6 Å². The Morgan fingerprint density at radius 1 is 1.13 bits per heavy atom. The molecule has 23 heavy (non-hydrogen) atoms. The molecular formula is C17H17Cl2NO3. The molecule has 0 fully saturated rings. The molecule has 1 N–H and O–H groups in total. The summed E-state index contributed by atoms with van der Waals surface area (Å²) in [6.45, 7) is 1.87. The van der Waals surface area contributed by atoms with Crippen LogP contribution in [0, 0.1) is 0 Å². The van der Waals surface area contributed by atoms with Crippen molar-refractivity contribution in [2.24, 2.45) is 0 Å². The summed E-state index contributed by atoms with van der Waals surface area (Å²) >= 11 is 11.9. The zero-order valence-corrected chi connectivity index (χ0v) is 14.3. The fourth-order valence-corrected chi connectivity index (χ4v) is 2.40. The number of ether oxygens (including phenoxy) is 2. The Morgan fingerprint density at radius 2 is 1.78 bits per heavy atom. The normalized spacial score (nSPS) is 11.7. The summed E-state index contributed by atoms with van der Waals surface area (Å²) < 4.78 is 10.8. The third kappa shape index (κ3) is 4.78. The lowest BCUT2D eigenvalue weighted by Crippen LogP contribution is -2.32. The predicted molar refractivity (Wildman–Crippen MR) is 92.8 cm³/mol. The molecule has 0 unspecified atom stereocenters. The van der Waals surface area contributed by atoms with E-state index in [0.29, 0.717) is 27.9 Å². The minimum atomic E-state index is -0.630. The van der Waals surface area contributed by atoms with Crippen LogP contribution in [0.1, 0.15) is 13.3 Å².